The van der Waals surface area contributed by atoms with E-state index in [-0.39, 0.29) is 18.4 Å². The first-order valence-electron chi connectivity index (χ1n) is 8.38. The van der Waals surface area contributed by atoms with E-state index >= 15 is 0 Å². The van der Waals surface area contributed by atoms with Crippen molar-refractivity contribution in [1.82, 2.24) is 9.78 Å². The fraction of sp³-hybridized carbons (Fsp3) is 0.471. The molecule has 2 aromatic rings. The summed E-state index contributed by atoms with van der Waals surface area (Å²) in [7, 11) is 0. The van der Waals surface area contributed by atoms with E-state index in [0.717, 1.165) is 37.7 Å². The first-order valence-corrected chi connectivity index (χ1v) is 9.57. The number of fused-ring (bicyclic) bond motifs is 1. The molecule has 0 fully saturated rings. The van der Waals surface area contributed by atoms with Gasteiger partial charge in [0.15, 0.2) is 0 Å². The number of amides is 1. The van der Waals surface area contributed by atoms with Crippen molar-refractivity contribution in [2.45, 2.75) is 45.6 Å². The number of nitrogens with one attached hydrogen (secondary N) is 1. The van der Waals surface area contributed by atoms with Crippen LogP contribution in [-0.2, 0) is 28.9 Å². The highest BCUT2D eigenvalue weighted by Crippen LogP contribution is 2.38. The quantitative estimate of drug-likeness (QED) is 0.774. The molecule has 1 aliphatic rings. The Morgan fingerprint density at radius 3 is 2.92 bits per heavy atom. The minimum absolute atomic E-state index is 0.0404. The predicted molar refractivity (Wildman–Crippen MR) is 97.4 cm³/mol. The van der Waals surface area contributed by atoms with Crippen LogP contribution in [0.5, 0.6) is 0 Å². The maximum Gasteiger partial charge on any atom is 0.341 e. The SMILES string of the molecule is CCCOC(=O)c1c(NC(=O)Cn2cc(Cl)cn2)sc2c1CCCC2. The van der Waals surface area contributed by atoms with Crippen molar-refractivity contribution in [2.75, 3.05) is 11.9 Å². The Labute approximate surface area is 155 Å². The molecule has 2 heterocycles. The third-order valence-electron chi connectivity index (χ3n) is 3.97. The fourth-order valence-electron chi connectivity index (χ4n) is 2.87. The Balaban J connectivity index is 1.80. The molecule has 0 bridgehead atoms. The normalized spacial score (nSPS) is 13.4. The second-order valence-electron chi connectivity index (χ2n) is 5.96. The van der Waals surface area contributed by atoms with Crippen LogP contribution in [0, 0.1) is 0 Å². The van der Waals surface area contributed by atoms with Crippen LogP contribution in [0.25, 0.3) is 0 Å². The van der Waals surface area contributed by atoms with Crippen LogP contribution in [0.4, 0.5) is 5.00 Å². The van der Waals surface area contributed by atoms with Crippen LogP contribution in [0.1, 0.15) is 47.0 Å². The molecule has 0 aliphatic heterocycles. The van der Waals surface area contributed by atoms with E-state index in [1.165, 1.54) is 27.1 Å². The molecule has 0 spiro atoms. The molecule has 0 aromatic carbocycles. The van der Waals surface area contributed by atoms with Crippen molar-refractivity contribution in [3.8, 4) is 0 Å². The first-order chi connectivity index (χ1) is 12.1. The molecule has 1 amide bonds. The van der Waals surface area contributed by atoms with E-state index in [1.807, 2.05) is 6.92 Å². The number of hydrogen-bond donors (Lipinski definition) is 1. The molecule has 0 unspecified atom stereocenters. The van der Waals surface area contributed by atoms with Gasteiger partial charge in [-0.1, -0.05) is 18.5 Å². The number of anilines is 1. The highest BCUT2D eigenvalue weighted by atomic mass is 35.5. The molecule has 0 atom stereocenters. The summed E-state index contributed by atoms with van der Waals surface area (Å²) >= 11 is 7.29. The Hall–Kier alpha value is -1.86. The van der Waals surface area contributed by atoms with Gasteiger partial charge in [0.2, 0.25) is 5.91 Å². The second-order valence-corrected chi connectivity index (χ2v) is 7.50. The lowest BCUT2D eigenvalue weighted by Gasteiger charge is -2.12. The van der Waals surface area contributed by atoms with Gasteiger partial charge in [0.25, 0.3) is 0 Å². The van der Waals surface area contributed by atoms with E-state index < -0.39 is 0 Å². The molecular weight excluding hydrogens is 362 g/mol. The third kappa shape index (κ3) is 4.22. The standard InChI is InChI=1S/C17H20ClN3O3S/c1-2-7-24-17(23)15-12-5-3-4-6-13(12)25-16(15)20-14(22)10-21-9-11(18)8-19-21/h8-9H,2-7,10H2,1H3,(H,20,22). The van der Waals surface area contributed by atoms with Crippen LogP contribution in [0.2, 0.25) is 5.02 Å². The lowest BCUT2D eigenvalue weighted by Crippen LogP contribution is -2.20. The fourth-order valence-corrected chi connectivity index (χ4v) is 4.32. The van der Waals surface area contributed by atoms with Crippen molar-refractivity contribution in [1.29, 1.82) is 0 Å². The number of ether oxygens (including phenoxy) is 1. The summed E-state index contributed by atoms with van der Waals surface area (Å²) in [5.74, 6) is -0.596. The lowest BCUT2D eigenvalue weighted by molar-refractivity contribution is -0.116. The molecule has 0 saturated carbocycles. The Morgan fingerprint density at radius 2 is 2.20 bits per heavy atom. The number of halogens is 1. The third-order valence-corrected chi connectivity index (χ3v) is 5.38. The van der Waals surface area contributed by atoms with Crippen LogP contribution in [0.15, 0.2) is 12.4 Å². The van der Waals surface area contributed by atoms with E-state index in [2.05, 4.69) is 10.4 Å². The molecule has 0 saturated heterocycles. The smallest absolute Gasteiger partial charge is 0.341 e. The van der Waals surface area contributed by atoms with Crippen LogP contribution < -0.4 is 5.32 Å². The summed E-state index contributed by atoms with van der Waals surface area (Å²) in [5, 5.41) is 7.91. The van der Waals surface area contributed by atoms with Crippen molar-refractivity contribution in [3.63, 3.8) is 0 Å². The van der Waals surface area contributed by atoms with Gasteiger partial charge in [0.1, 0.15) is 11.5 Å². The van der Waals surface area contributed by atoms with Gasteiger partial charge in [-0.25, -0.2) is 4.79 Å². The van der Waals surface area contributed by atoms with Gasteiger partial charge in [0.05, 0.1) is 23.4 Å². The molecule has 25 heavy (non-hydrogen) atoms. The topological polar surface area (TPSA) is 73.2 Å². The number of thiophene rings is 1. The van der Waals surface area contributed by atoms with Gasteiger partial charge in [0, 0.05) is 11.1 Å². The molecular formula is C17H20ClN3O3S. The van der Waals surface area contributed by atoms with E-state index in [1.54, 1.807) is 6.20 Å². The molecule has 134 valence electrons. The number of carbonyl (C=O) groups excluding carboxylic acids is 2. The number of aromatic nitrogens is 2. The van der Waals surface area contributed by atoms with Crippen molar-refractivity contribution < 1.29 is 14.3 Å². The summed E-state index contributed by atoms with van der Waals surface area (Å²) in [6.45, 7) is 2.37. The number of nitrogens with zero attached hydrogens (tertiary/aromatic N) is 2. The van der Waals surface area contributed by atoms with Crippen molar-refractivity contribution in [3.05, 3.63) is 33.4 Å². The monoisotopic (exact) mass is 381 g/mol. The molecule has 2 aromatic heterocycles. The number of rotatable bonds is 6. The van der Waals surface area contributed by atoms with Gasteiger partial charge in [-0.2, -0.15) is 5.10 Å². The predicted octanol–water partition coefficient (Wildman–Crippen LogP) is 3.68. The van der Waals surface area contributed by atoms with Crippen LogP contribution in [0.3, 0.4) is 0 Å². The van der Waals surface area contributed by atoms with Crippen molar-refractivity contribution >= 4 is 39.8 Å². The average Bonchev–Trinajstić information content (AvgIpc) is 3.15. The molecule has 0 radical (unpaired) electrons. The van der Waals surface area contributed by atoms with E-state index in [0.29, 0.717) is 22.2 Å². The highest BCUT2D eigenvalue weighted by molar-refractivity contribution is 7.17. The van der Waals surface area contributed by atoms with Gasteiger partial charge < -0.3 is 10.1 Å². The Bertz CT molecular complexity index is 784. The maximum atomic E-state index is 12.5. The zero-order chi connectivity index (χ0) is 17.8. The zero-order valence-electron chi connectivity index (χ0n) is 14.0. The number of carbonyl (C=O) groups is 2. The molecule has 6 nitrogen and oxygen atoms in total. The van der Waals surface area contributed by atoms with Crippen LogP contribution in [-0.4, -0.2) is 28.3 Å². The van der Waals surface area contributed by atoms with E-state index in [9.17, 15) is 9.59 Å². The van der Waals surface area contributed by atoms with Crippen LogP contribution >= 0.6 is 22.9 Å². The van der Waals surface area contributed by atoms with E-state index in [4.69, 9.17) is 16.3 Å². The molecule has 1 N–H and O–H groups in total. The summed E-state index contributed by atoms with van der Waals surface area (Å²) in [6.07, 6.45) is 7.78. The number of aryl methyl sites for hydroxylation is 1. The second kappa shape index (κ2) is 8.01. The number of hydrogen-bond acceptors (Lipinski definition) is 5. The molecule has 8 heteroatoms. The molecule has 3 rings (SSSR count). The summed E-state index contributed by atoms with van der Waals surface area (Å²) in [4.78, 5) is 26.0. The van der Waals surface area contributed by atoms with Gasteiger partial charge in [-0.15, -0.1) is 11.3 Å². The lowest BCUT2D eigenvalue weighted by atomic mass is 9.95. The highest BCUT2D eigenvalue weighted by Gasteiger charge is 2.27. The minimum Gasteiger partial charge on any atom is -0.462 e. The molecule has 1 aliphatic carbocycles. The Morgan fingerprint density at radius 1 is 1.40 bits per heavy atom. The number of esters is 1. The first kappa shape index (κ1) is 17.9. The summed E-state index contributed by atoms with van der Waals surface area (Å²) in [6, 6.07) is 0. The average molecular weight is 382 g/mol. The zero-order valence-corrected chi connectivity index (χ0v) is 15.6. The largest absolute Gasteiger partial charge is 0.462 e. The maximum absolute atomic E-state index is 12.5. The Kier molecular flexibility index (Phi) is 5.75. The minimum atomic E-state index is -0.348. The summed E-state index contributed by atoms with van der Waals surface area (Å²) in [5.41, 5.74) is 1.56. The van der Waals surface area contributed by atoms with Gasteiger partial charge in [-0.3, -0.25) is 9.48 Å². The van der Waals surface area contributed by atoms with Gasteiger partial charge >= 0.3 is 5.97 Å². The van der Waals surface area contributed by atoms with Gasteiger partial charge in [-0.05, 0) is 37.7 Å². The summed E-state index contributed by atoms with van der Waals surface area (Å²) < 4.78 is 6.79. The van der Waals surface area contributed by atoms with Crippen molar-refractivity contribution in [2.24, 2.45) is 0 Å².